The zero-order chi connectivity index (χ0) is 32.1. The summed E-state index contributed by atoms with van der Waals surface area (Å²) >= 11 is 0. The normalized spacial score (nSPS) is 12.1. The minimum atomic E-state index is 0.999. The van der Waals surface area contributed by atoms with Crippen LogP contribution in [0.15, 0.2) is 170 Å². The van der Waals surface area contributed by atoms with E-state index in [4.69, 9.17) is 4.98 Å². The first-order valence-corrected chi connectivity index (χ1v) is 16.9. The van der Waals surface area contributed by atoms with Crippen molar-refractivity contribution in [3.8, 4) is 22.3 Å². The Hall–Kier alpha value is -6.51. The number of fused-ring (bicyclic) bond motifs is 13. The predicted octanol–water partition coefficient (Wildman–Crippen LogP) is 12.7. The molecule has 9 aromatic carbocycles. The van der Waals surface area contributed by atoms with E-state index in [1.165, 1.54) is 81.5 Å². The minimum Gasteiger partial charge on any atom is -0.292 e. The van der Waals surface area contributed by atoms with Crippen LogP contribution in [-0.4, -0.2) is 9.38 Å². The van der Waals surface area contributed by atoms with E-state index >= 15 is 0 Å². The third kappa shape index (κ3) is 3.69. The molecule has 0 unspecified atom stereocenters. The molecule has 226 valence electrons. The van der Waals surface area contributed by atoms with Crippen molar-refractivity contribution in [3.05, 3.63) is 170 Å². The van der Waals surface area contributed by atoms with Crippen LogP contribution >= 0.6 is 0 Å². The fraction of sp³-hybridized carbons (Fsp3) is 0. The van der Waals surface area contributed by atoms with Crippen molar-refractivity contribution >= 4 is 81.4 Å². The Labute approximate surface area is 282 Å². The highest BCUT2D eigenvalue weighted by molar-refractivity contribution is 6.26. The first kappa shape index (κ1) is 26.5. The Morgan fingerprint density at radius 3 is 1.69 bits per heavy atom. The van der Waals surface area contributed by atoms with Gasteiger partial charge in [0.2, 0.25) is 0 Å². The minimum absolute atomic E-state index is 0.999. The molecule has 0 N–H and O–H groups in total. The molecule has 0 aliphatic carbocycles. The van der Waals surface area contributed by atoms with Gasteiger partial charge < -0.3 is 0 Å². The molecule has 2 aromatic heterocycles. The zero-order valence-corrected chi connectivity index (χ0v) is 26.6. The molecule has 0 amide bonds. The lowest BCUT2D eigenvalue weighted by molar-refractivity contribution is 1.32. The van der Waals surface area contributed by atoms with Crippen molar-refractivity contribution in [2.24, 2.45) is 0 Å². The molecular formula is C47H28N2. The SMILES string of the molecule is c1ccc2c(-c3c4ccccc4c(-c4ccc5c6ccc7ccccc7c6c6nc7ccccc7n6c5c4)c4ccccc34)cccc2c1. The molecule has 0 saturated carbocycles. The Morgan fingerprint density at radius 2 is 0.939 bits per heavy atom. The van der Waals surface area contributed by atoms with E-state index in [-0.39, 0.29) is 0 Å². The predicted molar refractivity (Wildman–Crippen MR) is 209 cm³/mol. The molecule has 2 heteroatoms. The van der Waals surface area contributed by atoms with Crippen LogP contribution in [0.5, 0.6) is 0 Å². The lowest BCUT2D eigenvalue weighted by atomic mass is 9.84. The van der Waals surface area contributed by atoms with Gasteiger partial charge in [-0.1, -0.05) is 152 Å². The number of pyridine rings is 1. The highest BCUT2D eigenvalue weighted by Crippen LogP contribution is 2.46. The second-order valence-corrected chi connectivity index (χ2v) is 13.1. The van der Waals surface area contributed by atoms with Gasteiger partial charge in [0.1, 0.15) is 5.65 Å². The van der Waals surface area contributed by atoms with Crippen molar-refractivity contribution in [2.75, 3.05) is 0 Å². The molecular weight excluding hydrogens is 593 g/mol. The Balaban J connectivity index is 1.29. The monoisotopic (exact) mass is 620 g/mol. The van der Waals surface area contributed by atoms with Gasteiger partial charge in [0.25, 0.3) is 0 Å². The van der Waals surface area contributed by atoms with Gasteiger partial charge in [0.05, 0.1) is 16.6 Å². The van der Waals surface area contributed by atoms with Gasteiger partial charge in [-0.25, -0.2) is 4.98 Å². The number of para-hydroxylation sites is 2. The van der Waals surface area contributed by atoms with E-state index < -0.39 is 0 Å². The maximum absolute atomic E-state index is 5.28. The van der Waals surface area contributed by atoms with E-state index in [2.05, 4.69) is 174 Å². The van der Waals surface area contributed by atoms with Crippen molar-refractivity contribution in [2.45, 2.75) is 0 Å². The van der Waals surface area contributed by atoms with Gasteiger partial charge >= 0.3 is 0 Å². The van der Waals surface area contributed by atoms with Crippen LogP contribution < -0.4 is 0 Å². The van der Waals surface area contributed by atoms with Crippen molar-refractivity contribution in [1.82, 2.24) is 9.38 Å². The third-order valence-electron chi connectivity index (χ3n) is 10.5. The number of hydrogen-bond donors (Lipinski definition) is 0. The lowest BCUT2D eigenvalue weighted by Gasteiger charge is -2.19. The van der Waals surface area contributed by atoms with Gasteiger partial charge in [-0.2, -0.15) is 0 Å². The Morgan fingerprint density at radius 1 is 0.367 bits per heavy atom. The van der Waals surface area contributed by atoms with E-state index in [0.29, 0.717) is 0 Å². The van der Waals surface area contributed by atoms with Crippen LogP contribution in [0.3, 0.4) is 0 Å². The van der Waals surface area contributed by atoms with Crippen LogP contribution in [0.4, 0.5) is 0 Å². The number of aromatic nitrogens is 2. The second-order valence-electron chi connectivity index (χ2n) is 13.1. The molecule has 0 radical (unpaired) electrons. The topological polar surface area (TPSA) is 17.3 Å². The molecule has 49 heavy (non-hydrogen) atoms. The fourth-order valence-corrected chi connectivity index (χ4v) is 8.45. The van der Waals surface area contributed by atoms with Crippen LogP contribution in [0.25, 0.3) is 104 Å². The zero-order valence-electron chi connectivity index (χ0n) is 26.6. The molecule has 0 bridgehead atoms. The van der Waals surface area contributed by atoms with E-state index in [0.717, 1.165) is 22.2 Å². The molecule has 11 rings (SSSR count). The summed E-state index contributed by atoms with van der Waals surface area (Å²) in [5, 5.41) is 13.7. The smallest absolute Gasteiger partial charge is 0.147 e. The standard InChI is InChI=1S/C47H28N2/c1-3-15-32-29(12-1)14-11-21-35(32)45-38-19-7-5-17-36(38)44(37-18-6-8-20-39(37)45)31-25-26-34-40-27-24-30-13-2-4-16-33(30)46(40)47-48-41-22-9-10-23-42(41)49(47)43(34)28-31/h1-28H. The Kier molecular flexibility index (Phi) is 5.42. The van der Waals surface area contributed by atoms with Gasteiger partial charge in [-0.3, -0.25) is 4.40 Å². The molecule has 0 spiro atoms. The molecule has 0 aliphatic rings. The maximum atomic E-state index is 5.28. The summed E-state index contributed by atoms with van der Waals surface area (Å²) in [6.07, 6.45) is 0. The van der Waals surface area contributed by atoms with Crippen molar-refractivity contribution in [1.29, 1.82) is 0 Å². The van der Waals surface area contributed by atoms with Crippen molar-refractivity contribution in [3.63, 3.8) is 0 Å². The summed E-state index contributed by atoms with van der Waals surface area (Å²) in [6, 6.07) is 62.1. The summed E-state index contributed by atoms with van der Waals surface area (Å²) in [5.41, 5.74) is 9.29. The summed E-state index contributed by atoms with van der Waals surface area (Å²) in [7, 11) is 0. The second kappa shape index (κ2) is 10.00. The molecule has 0 aliphatic heterocycles. The van der Waals surface area contributed by atoms with Crippen LogP contribution in [0.1, 0.15) is 0 Å². The first-order valence-electron chi connectivity index (χ1n) is 16.9. The van der Waals surface area contributed by atoms with E-state index in [1.54, 1.807) is 0 Å². The number of benzene rings is 9. The molecule has 11 aromatic rings. The summed E-state index contributed by atoms with van der Waals surface area (Å²) in [6.45, 7) is 0. The molecule has 0 atom stereocenters. The summed E-state index contributed by atoms with van der Waals surface area (Å²) in [5.74, 6) is 0. The van der Waals surface area contributed by atoms with Crippen LogP contribution in [0.2, 0.25) is 0 Å². The van der Waals surface area contributed by atoms with Gasteiger partial charge in [0, 0.05) is 10.8 Å². The Bertz CT molecular complexity index is 3100. The highest BCUT2D eigenvalue weighted by atomic mass is 15.0. The van der Waals surface area contributed by atoms with E-state index in [1.807, 2.05) is 0 Å². The molecule has 2 nitrogen and oxygen atoms in total. The maximum Gasteiger partial charge on any atom is 0.147 e. The average molecular weight is 621 g/mol. The number of rotatable bonds is 2. The van der Waals surface area contributed by atoms with Gasteiger partial charge in [-0.15, -0.1) is 0 Å². The largest absolute Gasteiger partial charge is 0.292 e. The van der Waals surface area contributed by atoms with Gasteiger partial charge in [0.15, 0.2) is 0 Å². The summed E-state index contributed by atoms with van der Waals surface area (Å²) < 4.78 is 2.39. The van der Waals surface area contributed by atoms with Crippen LogP contribution in [-0.2, 0) is 0 Å². The van der Waals surface area contributed by atoms with Crippen molar-refractivity contribution < 1.29 is 0 Å². The quantitative estimate of drug-likeness (QED) is 0.139. The molecule has 0 saturated heterocycles. The lowest BCUT2D eigenvalue weighted by Crippen LogP contribution is -1.95. The fourth-order valence-electron chi connectivity index (χ4n) is 8.45. The number of nitrogens with zero attached hydrogens (tertiary/aromatic N) is 2. The number of imidazole rings is 1. The summed E-state index contributed by atoms with van der Waals surface area (Å²) in [4.78, 5) is 5.28. The highest BCUT2D eigenvalue weighted by Gasteiger charge is 2.20. The van der Waals surface area contributed by atoms with Crippen LogP contribution in [0, 0.1) is 0 Å². The van der Waals surface area contributed by atoms with Gasteiger partial charge in [-0.05, 0) is 88.9 Å². The third-order valence-corrected chi connectivity index (χ3v) is 10.5. The van der Waals surface area contributed by atoms with E-state index in [9.17, 15) is 0 Å². The average Bonchev–Trinajstić information content (AvgIpc) is 3.56. The number of hydrogen-bond acceptors (Lipinski definition) is 1. The first-order chi connectivity index (χ1) is 24.3. The molecule has 2 heterocycles. The molecule has 0 fully saturated rings.